The van der Waals surface area contributed by atoms with Gasteiger partial charge in [0.05, 0.1) is 11.4 Å². The summed E-state index contributed by atoms with van der Waals surface area (Å²) in [4.78, 5) is 16.6. The van der Waals surface area contributed by atoms with Crippen LogP contribution in [0, 0.1) is 0 Å². The molecule has 0 unspecified atom stereocenters. The lowest BCUT2D eigenvalue weighted by Gasteiger charge is -2.24. The topological polar surface area (TPSA) is 88.6 Å². The number of amides is 1. The van der Waals surface area contributed by atoms with E-state index in [1.807, 2.05) is 0 Å². The average Bonchev–Trinajstić information content (AvgIpc) is 2.79. The van der Waals surface area contributed by atoms with Gasteiger partial charge in [0.15, 0.2) is 5.13 Å². The standard InChI is InChI=1S/C11H17N3O4S2/c1-3-20(16,17)14-5-4-8-9(6-14)19-11(12-8)13-10(15)7-18-2/h3-7H2,1-2H3,(H,12,13,15). The Bertz CT molecular complexity index is 597. The first-order chi connectivity index (χ1) is 9.46. The summed E-state index contributed by atoms with van der Waals surface area (Å²) in [6.45, 7) is 2.39. The van der Waals surface area contributed by atoms with Crippen molar-refractivity contribution in [1.82, 2.24) is 9.29 Å². The summed E-state index contributed by atoms with van der Waals surface area (Å²) in [6.07, 6.45) is 0.575. The first-order valence-electron chi connectivity index (χ1n) is 6.21. The number of rotatable bonds is 5. The number of thiazole rings is 1. The van der Waals surface area contributed by atoms with Gasteiger partial charge >= 0.3 is 0 Å². The van der Waals surface area contributed by atoms with Crippen LogP contribution < -0.4 is 5.32 Å². The predicted octanol–water partition coefficient (Wildman–Crippen LogP) is 0.436. The van der Waals surface area contributed by atoms with Crippen LogP contribution in [0.1, 0.15) is 17.5 Å². The van der Waals surface area contributed by atoms with Crippen LogP contribution in [0.5, 0.6) is 0 Å². The molecule has 1 amide bonds. The Morgan fingerprint density at radius 1 is 1.55 bits per heavy atom. The van der Waals surface area contributed by atoms with E-state index in [9.17, 15) is 13.2 Å². The smallest absolute Gasteiger partial charge is 0.252 e. The highest BCUT2D eigenvalue weighted by Crippen LogP contribution is 2.29. The van der Waals surface area contributed by atoms with Crippen LogP contribution in [0.15, 0.2) is 0 Å². The van der Waals surface area contributed by atoms with Gasteiger partial charge in [-0.25, -0.2) is 13.4 Å². The van der Waals surface area contributed by atoms with Crippen LogP contribution in [0.25, 0.3) is 0 Å². The fourth-order valence-corrected chi connectivity index (χ4v) is 4.11. The molecule has 9 heteroatoms. The number of methoxy groups -OCH3 is 1. The van der Waals surface area contributed by atoms with Crippen molar-refractivity contribution in [2.45, 2.75) is 19.9 Å². The Kier molecular flexibility index (Phi) is 4.74. The minimum Gasteiger partial charge on any atom is -0.375 e. The number of nitrogens with zero attached hydrogens (tertiary/aromatic N) is 2. The molecule has 1 aromatic heterocycles. The van der Waals surface area contributed by atoms with Crippen LogP contribution in [0.3, 0.4) is 0 Å². The predicted molar refractivity (Wildman–Crippen MR) is 76.2 cm³/mol. The van der Waals surface area contributed by atoms with E-state index in [1.54, 1.807) is 6.92 Å². The van der Waals surface area contributed by atoms with Gasteiger partial charge in [-0.2, -0.15) is 4.31 Å². The van der Waals surface area contributed by atoms with Gasteiger partial charge in [-0.05, 0) is 6.92 Å². The molecule has 0 aliphatic carbocycles. The molecule has 1 aromatic rings. The molecule has 7 nitrogen and oxygen atoms in total. The SMILES string of the molecule is CCS(=O)(=O)N1CCc2nc(NC(=O)COC)sc2C1. The van der Waals surface area contributed by atoms with Crippen LogP contribution in [-0.2, 0) is 32.5 Å². The fraction of sp³-hybridized carbons (Fsp3) is 0.636. The van der Waals surface area contributed by atoms with Gasteiger partial charge in [0.2, 0.25) is 10.0 Å². The maximum atomic E-state index is 11.9. The van der Waals surface area contributed by atoms with Gasteiger partial charge < -0.3 is 4.74 Å². The Hall–Kier alpha value is -1.03. The summed E-state index contributed by atoms with van der Waals surface area (Å²) in [5.41, 5.74) is 0.866. The Labute approximate surface area is 122 Å². The molecule has 0 aromatic carbocycles. The van der Waals surface area contributed by atoms with E-state index in [0.717, 1.165) is 10.6 Å². The van der Waals surface area contributed by atoms with Gasteiger partial charge in [0.25, 0.3) is 5.91 Å². The van der Waals surface area contributed by atoms with E-state index in [2.05, 4.69) is 10.3 Å². The maximum Gasteiger partial charge on any atom is 0.252 e. The Morgan fingerprint density at radius 2 is 2.30 bits per heavy atom. The highest BCUT2D eigenvalue weighted by atomic mass is 32.2. The van der Waals surface area contributed by atoms with Gasteiger partial charge in [-0.15, -0.1) is 11.3 Å². The summed E-state index contributed by atoms with van der Waals surface area (Å²) in [6, 6.07) is 0. The van der Waals surface area contributed by atoms with Crippen molar-refractivity contribution in [2.24, 2.45) is 0 Å². The minimum atomic E-state index is -3.18. The summed E-state index contributed by atoms with van der Waals surface area (Å²) >= 11 is 1.32. The third-order valence-corrected chi connectivity index (χ3v) is 5.80. The molecule has 0 fully saturated rings. The molecular weight excluding hydrogens is 302 g/mol. The molecular formula is C11H17N3O4S2. The second kappa shape index (κ2) is 6.17. The number of sulfonamides is 1. The summed E-state index contributed by atoms with van der Waals surface area (Å²) < 4.78 is 29.9. The van der Waals surface area contributed by atoms with Crippen molar-refractivity contribution in [2.75, 3.05) is 31.3 Å². The van der Waals surface area contributed by atoms with Crippen LogP contribution in [0.2, 0.25) is 0 Å². The van der Waals surface area contributed by atoms with E-state index in [-0.39, 0.29) is 18.3 Å². The highest BCUT2D eigenvalue weighted by Gasteiger charge is 2.28. The second-order valence-corrected chi connectivity index (χ2v) is 7.70. The van der Waals surface area contributed by atoms with E-state index in [1.165, 1.54) is 22.8 Å². The molecule has 0 radical (unpaired) electrons. The molecule has 0 saturated carbocycles. The Morgan fingerprint density at radius 3 is 2.95 bits per heavy atom. The summed E-state index contributed by atoms with van der Waals surface area (Å²) in [5.74, 6) is -0.171. The van der Waals surface area contributed by atoms with Crippen molar-refractivity contribution >= 4 is 32.4 Å². The van der Waals surface area contributed by atoms with Gasteiger partial charge in [0, 0.05) is 31.5 Å². The normalized spacial score (nSPS) is 15.9. The molecule has 1 aliphatic heterocycles. The van der Waals surface area contributed by atoms with Crippen molar-refractivity contribution in [1.29, 1.82) is 0 Å². The number of carbonyl (C=O) groups excluding carboxylic acids is 1. The summed E-state index contributed by atoms with van der Waals surface area (Å²) in [5, 5.41) is 3.14. The largest absolute Gasteiger partial charge is 0.375 e. The number of carbonyl (C=O) groups is 1. The van der Waals surface area contributed by atoms with Crippen molar-refractivity contribution in [3.63, 3.8) is 0 Å². The number of ether oxygens (including phenoxy) is 1. The first kappa shape index (κ1) is 15.4. The van der Waals surface area contributed by atoms with Crippen molar-refractivity contribution in [3.8, 4) is 0 Å². The fourth-order valence-electron chi connectivity index (χ4n) is 1.93. The zero-order valence-electron chi connectivity index (χ0n) is 11.4. The third kappa shape index (κ3) is 3.35. The van der Waals surface area contributed by atoms with Gasteiger partial charge in [-0.3, -0.25) is 10.1 Å². The molecule has 2 rings (SSSR count). The molecule has 0 saturated heterocycles. The molecule has 2 heterocycles. The lowest BCUT2D eigenvalue weighted by molar-refractivity contribution is -0.119. The van der Waals surface area contributed by atoms with Gasteiger partial charge in [-0.1, -0.05) is 0 Å². The number of nitrogens with one attached hydrogen (secondary N) is 1. The quantitative estimate of drug-likeness (QED) is 0.850. The molecule has 0 spiro atoms. The molecule has 20 heavy (non-hydrogen) atoms. The van der Waals surface area contributed by atoms with E-state index < -0.39 is 10.0 Å². The Balaban J connectivity index is 2.10. The number of hydrogen-bond acceptors (Lipinski definition) is 6. The first-order valence-corrected chi connectivity index (χ1v) is 8.64. The lowest BCUT2D eigenvalue weighted by atomic mass is 10.2. The number of hydrogen-bond donors (Lipinski definition) is 1. The minimum absolute atomic E-state index is 0.0272. The highest BCUT2D eigenvalue weighted by molar-refractivity contribution is 7.89. The number of aromatic nitrogens is 1. The molecule has 112 valence electrons. The van der Waals surface area contributed by atoms with Crippen LogP contribution in [0.4, 0.5) is 5.13 Å². The van der Waals surface area contributed by atoms with Crippen molar-refractivity contribution < 1.29 is 17.9 Å². The number of anilines is 1. The second-order valence-electron chi connectivity index (χ2n) is 4.35. The maximum absolute atomic E-state index is 11.9. The van der Waals surface area contributed by atoms with E-state index in [4.69, 9.17) is 4.74 Å². The van der Waals surface area contributed by atoms with E-state index in [0.29, 0.717) is 24.6 Å². The molecule has 0 bridgehead atoms. The zero-order chi connectivity index (χ0) is 14.8. The van der Waals surface area contributed by atoms with E-state index >= 15 is 0 Å². The molecule has 0 atom stereocenters. The molecule has 1 aliphatic rings. The average molecular weight is 319 g/mol. The van der Waals surface area contributed by atoms with Gasteiger partial charge in [0.1, 0.15) is 6.61 Å². The van der Waals surface area contributed by atoms with Crippen LogP contribution >= 0.6 is 11.3 Å². The molecule has 1 N–H and O–H groups in total. The summed E-state index contributed by atoms with van der Waals surface area (Å²) in [7, 11) is -1.74. The monoisotopic (exact) mass is 319 g/mol. The third-order valence-electron chi connectivity index (χ3n) is 2.98. The zero-order valence-corrected chi connectivity index (χ0v) is 13.0. The lowest BCUT2D eigenvalue weighted by Crippen LogP contribution is -2.36. The number of fused-ring (bicyclic) bond motifs is 1. The van der Waals surface area contributed by atoms with Crippen LogP contribution in [-0.4, -0.2) is 49.6 Å². The van der Waals surface area contributed by atoms with Crippen molar-refractivity contribution in [3.05, 3.63) is 10.6 Å².